The normalized spacial score (nSPS) is 15.2. The Kier molecular flexibility index (Phi) is 6.87. The molecule has 0 fully saturated rings. The molecule has 2 aromatic heterocycles. The molecular formula is C24H27FN4S. The van der Waals surface area contributed by atoms with Gasteiger partial charge in [0, 0.05) is 22.6 Å². The van der Waals surface area contributed by atoms with Crippen LogP contribution < -0.4 is 0 Å². The van der Waals surface area contributed by atoms with Crippen molar-refractivity contribution in [2.75, 3.05) is 5.75 Å². The summed E-state index contributed by atoms with van der Waals surface area (Å²) in [4.78, 5) is 0. The lowest BCUT2D eigenvalue weighted by atomic mass is 9.85. The summed E-state index contributed by atoms with van der Waals surface area (Å²) in [5.74, 6) is 0.677. The first-order valence-corrected chi connectivity index (χ1v) is 10.8. The highest BCUT2D eigenvalue weighted by atomic mass is 32.2. The molecule has 156 valence electrons. The first-order chi connectivity index (χ1) is 14.3. The average Bonchev–Trinajstić information content (AvgIpc) is 3.07. The van der Waals surface area contributed by atoms with Gasteiger partial charge in [-0.15, -0.1) is 22.0 Å². The number of H-pyrrole nitrogens is 1. The number of aromatic nitrogens is 4. The molecule has 1 aliphatic carbocycles. The van der Waals surface area contributed by atoms with Gasteiger partial charge in [0.25, 0.3) is 0 Å². The average molecular weight is 423 g/mol. The lowest BCUT2D eigenvalue weighted by Gasteiger charge is -2.25. The molecule has 0 spiro atoms. The minimum atomic E-state index is -0.137. The fourth-order valence-electron chi connectivity index (χ4n) is 3.17. The second-order valence-electron chi connectivity index (χ2n) is 7.98. The first kappa shape index (κ1) is 22.0. The molecule has 4 nitrogen and oxygen atoms in total. The zero-order chi connectivity index (χ0) is 21.7. The van der Waals surface area contributed by atoms with Crippen molar-refractivity contribution in [3.63, 3.8) is 0 Å². The van der Waals surface area contributed by atoms with Crippen LogP contribution in [-0.4, -0.2) is 26.1 Å². The highest BCUT2D eigenvalue weighted by Gasteiger charge is 2.23. The molecule has 2 aromatic rings. The molecule has 0 aromatic carbocycles. The number of nitrogens with zero attached hydrogens (tertiary/aromatic N) is 3. The Labute approximate surface area is 181 Å². The fraction of sp³-hybridized carbons (Fsp3) is 0.292. The second kappa shape index (κ2) is 9.39. The van der Waals surface area contributed by atoms with Crippen molar-refractivity contribution in [3.8, 4) is 0 Å². The monoisotopic (exact) mass is 422 g/mol. The van der Waals surface area contributed by atoms with Crippen LogP contribution in [0, 0.1) is 12.3 Å². The van der Waals surface area contributed by atoms with Gasteiger partial charge in [-0.25, -0.2) is 4.39 Å². The minimum Gasteiger partial charge on any atom is -0.282 e. The zero-order valence-corrected chi connectivity index (χ0v) is 18.7. The van der Waals surface area contributed by atoms with Gasteiger partial charge < -0.3 is 0 Å². The maximum Gasteiger partial charge on any atom is 0.122 e. The molecule has 0 aliphatic heterocycles. The molecule has 0 radical (unpaired) electrons. The minimum absolute atomic E-state index is 0.117. The summed E-state index contributed by atoms with van der Waals surface area (Å²) < 4.78 is 13.9. The SMILES string of the molecule is C=C/C=C(/c1ccc(SCC(C)(C)C2=CCC(C)=C(F)C=C2)nn1)c1cn[nH]c1C. The number of nitrogens with one attached hydrogen (secondary N) is 1. The van der Waals surface area contributed by atoms with Crippen molar-refractivity contribution in [3.05, 3.63) is 89.2 Å². The van der Waals surface area contributed by atoms with Gasteiger partial charge in [-0.3, -0.25) is 5.10 Å². The van der Waals surface area contributed by atoms with E-state index < -0.39 is 0 Å². The van der Waals surface area contributed by atoms with Crippen LogP contribution in [0.3, 0.4) is 0 Å². The lowest BCUT2D eigenvalue weighted by molar-refractivity contribution is 0.527. The Morgan fingerprint density at radius 1 is 1.27 bits per heavy atom. The maximum atomic E-state index is 13.9. The van der Waals surface area contributed by atoms with Crippen molar-refractivity contribution in [2.45, 2.75) is 39.1 Å². The molecule has 0 bridgehead atoms. The molecule has 1 aliphatic rings. The van der Waals surface area contributed by atoms with Gasteiger partial charge in [-0.05, 0) is 55.0 Å². The van der Waals surface area contributed by atoms with E-state index in [4.69, 9.17) is 0 Å². The van der Waals surface area contributed by atoms with Gasteiger partial charge in [0.1, 0.15) is 10.9 Å². The van der Waals surface area contributed by atoms with Crippen molar-refractivity contribution in [1.82, 2.24) is 20.4 Å². The number of thioether (sulfide) groups is 1. The number of halogens is 1. The van der Waals surface area contributed by atoms with Gasteiger partial charge in [-0.2, -0.15) is 5.10 Å². The summed E-state index contributed by atoms with van der Waals surface area (Å²) in [5, 5.41) is 16.7. The molecule has 6 heteroatoms. The standard InChI is InChI=1S/C24H27FN4S/c1-6-7-19(20-14-26-27-17(20)3)22-12-13-23(29-28-22)30-15-24(4,5)18-9-8-16(2)21(25)11-10-18/h6-7,9-14H,1,8,15H2,2-5H3,(H,26,27)/b19-7+. The van der Waals surface area contributed by atoms with Crippen molar-refractivity contribution >= 4 is 17.3 Å². The summed E-state index contributed by atoms with van der Waals surface area (Å²) in [7, 11) is 0. The quantitative estimate of drug-likeness (QED) is 0.416. The molecule has 0 atom stereocenters. The van der Waals surface area contributed by atoms with Crippen molar-refractivity contribution < 1.29 is 4.39 Å². The van der Waals surface area contributed by atoms with Gasteiger partial charge >= 0.3 is 0 Å². The number of hydrogen-bond acceptors (Lipinski definition) is 4. The molecule has 30 heavy (non-hydrogen) atoms. The summed E-state index contributed by atoms with van der Waals surface area (Å²) in [6, 6.07) is 3.95. The van der Waals surface area contributed by atoms with E-state index in [9.17, 15) is 4.39 Å². The highest BCUT2D eigenvalue weighted by Crippen LogP contribution is 2.36. The Morgan fingerprint density at radius 2 is 2.07 bits per heavy atom. The number of aryl methyl sites for hydroxylation is 1. The van der Waals surface area contributed by atoms with Crippen LogP contribution in [0.25, 0.3) is 5.57 Å². The van der Waals surface area contributed by atoms with Gasteiger partial charge in [-0.1, -0.05) is 44.7 Å². The maximum absolute atomic E-state index is 13.9. The molecule has 3 rings (SSSR count). The van der Waals surface area contributed by atoms with Gasteiger partial charge in [0.15, 0.2) is 0 Å². The molecular weight excluding hydrogens is 395 g/mol. The van der Waals surface area contributed by atoms with Crippen LogP contribution in [0.1, 0.15) is 44.1 Å². The van der Waals surface area contributed by atoms with Crippen molar-refractivity contribution in [1.29, 1.82) is 0 Å². The smallest absolute Gasteiger partial charge is 0.122 e. The molecule has 0 amide bonds. The van der Waals surface area contributed by atoms with Gasteiger partial charge in [0.2, 0.25) is 0 Å². The van der Waals surface area contributed by atoms with E-state index in [-0.39, 0.29) is 11.2 Å². The van der Waals surface area contributed by atoms with E-state index in [1.165, 1.54) is 0 Å². The third-order valence-corrected chi connectivity index (χ3v) is 6.51. The number of aromatic amines is 1. The summed E-state index contributed by atoms with van der Waals surface area (Å²) in [5.41, 5.74) is 5.44. The summed E-state index contributed by atoms with van der Waals surface area (Å²) >= 11 is 1.65. The number of allylic oxidation sites excluding steroid dienone is 8. The third-order valence-electron chi connectivity index (χ3n) is 5.13. The number of hydrogen-bond donors (Lipinski definition) is 1. The number of rotatable bonds is 7. The lowest BCUT2D eigenvalue weighted by Crippen LogP contribution is -2.17. The van der Waals surface area contributed by atoms with Crippen molar-refractivity contribution in [2.24, 2.45) is 5.41 Å². The van der Waals surface area contributed by atoms with Crippen LogP contribution in [0.4, 0.5) is 4.39 Å². The van der Waals surface area contributed by atoms with E-state index in [2.05, 4.69) is 46.9 Å². The Hall–Kier alpha value is -2.73. The van der Waals surface area contributed by atoms with Gasteiger partial charge in [0.05, 0.1) is 11.9 Å². The Balaban J connectivity index is 1.71. The summed E-state index contributed by atoms with van der Waals surface area (Å²) in [6.07, 6.45) is 11.7. The zero-order valence-electron chi connectivity index (χ0n) is 17.9. The molecule has 1 N–H and O–H groups in total. The molecule has 0 unspecified atom stereocenters. The Bertz CT molecular complexity index is 1040. The van der Waals surface area contributed by atoms with Crippen LogP contribution >= 0.6 is 11.8 Å². The fourth-order valence-corrected chi connectivity index (χ4v) is 4.11. The topological polar surface area (TPSA) is 54.5 Å². The molecule has 0 saturated heterocycles. The van der Waals surface area contributed by atoms with E-state index in [1.807, 2.05) is 38.1 Å². The highest BCUT2D eigenvalue weighted by molar-refractivity contribution is 7.99. The third kappa shape index (κ3) is 5.05. The van der Waals surface area contributed by atoms with E-state index in [0.717, 1.165) is 44.4 Å². The van der Waals surface area contributed by atoms with E-state index in [0.29, 0.717) is 6.42 Å². The summed E-state index contributed by atoms with van der Waals surface area (Å²) in [6.45, 7) is 11.9. The molecule has 0 saturated carbocycles. The largest absolute Gasteiger partial charge is 0.282 e. The van der Waals surface area contributed by atoms with Crippen LogP contribution in [-0.2, 0) is 0 Å². The first-order valence-electron chi connectivity index (χ1n) is 9.86. The van der Waals surface area contributed by atoms with E-state index in [1.54, 1.807) is 30.1 Å². The Morgan fingerprint density at radius 3 is 2.70 bits per heavy atom. The van der Waals surface area contributed by atoms with Crippen LogP contribution in [0.2, 0.25) is 0 Å². The second-order valence-corrected chi connectivity index (χ2v) is 8.97. The van der Waals surface area contributed by atoms with Crippen LogP contribution in [0.15, 0.2) is 77.3 Å². The predicted molar refractivity (Wildman–Crippen MR) is 123 cm³/mol. The molecule has 2 heterocycles. The van der Waals surface area contributed by atoms with Crippen LogP contribution in [0.5, 0.6) is 0 Å². The van der Waals surface area contributed by atoms with E-state index >= 15 is 0 Å². The predicted octanol–water partition coefficient (Wildman–Crippen LogP) is 6.37.